The maximum atomic E-state index is 13.7. The highest BCUT2D eigenvalue weighted by Crippen LogP contribution is 2.45. The zero-order valence-corrected chi connectivity index (χ0v) is 24.2. The van der Waals surface area contributed by atoms with Crippen LogP contribution in [0.25, 0.3) is 0 Å². The first-order valence-corrected chi connectivity index (χ1v) is 15.5. The molecule has 0 radical (unpaired) electrons. The summed E-state index contributed by atoms with van der Waals surface area (Å²) in [5.74, 6) is 0.127. The molecule has 2 aromatic carbocycles. The van der Waals surface area contributed by atoms with Crippen LogP contribution in [0.1, 0.15) is 82.8 Å². The van der Waals surface area contributed by atoms with E-state index in [4.69, 9.17) is 11.6 Å². The number of hydrogen-bond donors (Lipinski definition) is 0. The molecule has 7 rings (SSSR count). The van der Waals surface area contributed by atoms with Crippen molar-refractivity contribution in [3.63, 3.8) is 0 Å². The van der Waals surface area contributed by atoms with Gasteiger partial charge in [-0.15, -0.1) is 0 Å². The maximum absolute atomic E-state index is 13.7. The average Bonchev–Trinajstić information content (AvgIpc) is 3.77. The van der Waals surface area contributed by atoms with Crippen molar-refractivity contribution in [2.24, 2.45) is 5.41 Å². The highest BCUT2D eigenvalue weighted by atomic mass is 35.5. The number of aromatic nitrogens is 1. The fourth-order valence-electron chi connectivity index (χ4n) is 7.35. The predicted molar refractivity (Wildman–Crippen MR) is 161 cm³/mol. The number of rotatable bonds is 5. The molecule has 7 heteroatoms. The van der Waals surface area contributed by atoms with Crippen LogP contribution in [0.3, 0.4) is 0 Å². The summed E-state index contributed by atoms with van der Waals surface area (Å²) >= 11 is 6.43. The number of nitrogens with zero attached hydrogens (tertiary/aromatic N) is 4. The van der Waals surface area contributed by atoms with Crippen LogP contribution in [0.2, 0.25) is 5.02 Å². The Morgan fingerprint density at radius 1 is 0.878 bits per heavy atom. The van der Waals surface area contributed by atoms with Crippen molar-refractivity contribution in [3.8, 4) is 0 Å². The minimum atomic E-state index is -0.00997. The van der Waals surface area contributed by atoms with Gasteiger partial charge in [0, 0.05) is 55.9 Å². The molecule has 0 bridgehead atoms. The molecule has 2 aliphatic carbocycles. The van der Waals surface area contributed by atoms with Crippen molar-refractivity contribution in [3.05, 3.63) is 94.3 Å². The quantitative estimate of drug-likeness (QED) is 0.350. The van der Waals surface area contributed by atoms with Gasteiger partial charge in [0.25, 0.3) is 11.8 Å². The Bertz CT molecular complexity index is 1440. The summed E-state index contributed by atoms with van der Waals surface area (Å²) < 4.78 is 0. The molecule has 2 amide bonds. The second-order valence-electron chi connectivity index (χ2n) is 12.4. The van der Waals surface area contributed by atoms with Crippen LogP contribution in [-0.4, -0.2) is 58.8 Å². The maximum Gasteiger partial charge on any atom is 0.256 e. The number of pyridine rings is 1. The summed E-state index contributed by atoms with van der Waals surface area (Å²) in [6, 6.07) is 18.0. The number of fused-ring (bicyclic) bond motifs is 1. The fourth-order valence-corrected chi connectivity index (χ4v) is 7.57. The van der Waals surface area contributed by atoms with Crippen molar-refractivity contribution in [2.75, 3.05) is 31.1 Å². The second kappa shape index (κ2) is 10.8. The number of halogens is 1. The van der Waals surface area contributed by atoms with Crippen LogP contribution in [0.15, 0.2) is 67.0 Å². The second-order valence-corrected chi connectivity index (χ2v) is 12.8. The number of piperidine rings is 2. The van der Waals surface area contributed by atoms with E-state index in [-0.39, 0.29) is 23.9 Å². The molecule has 3 fully saturated rings. The van der Waals surface area contributed by atoms with Crippen molar-refractivity contribution < 1.29 is 9.59 Å². The molecular formula is C34H37ClN4O2. The highest BCUT2D eigenvalue weighted by Gasteiger charge is 2.42. The van der Waals surface area contributed by atoms with Crippen LogP contribution in [0.5, 0.6) is 0 Å². The van der Waals surface area contributed by atoms with Gasteiger partial charge in [-0.2, -0.15) is 0 Å². The molecule has 6 nitrogen and oxygen atoms in total. The lowest BCUT2D eigenvalue weighted by molar-refractivity contribution is 0.0515. The van der Waals surface area contributed by atoms with Gasteiger partial charge in [-0.05, 0) is 104 Å². The van der Waals surface area contributed by atoms with Crippen LogP contribution in [0.4, 0.5) is 5.69 Å². The fraction of sp³-hybridized carbons (Fsp3) is 0.441. The smallest absolute Gasteiger partial charge is 0.256 e. The standard InChI is InChI=1S/C34H37ClN4O2/c35-30-4-2-1-3-28(30)33(41)39(27-8-9-27)31-10-7-24-5-6-25(23-29(24)31)32(40)38-21-15-34(16-22-38)13-19-37(20-14-34)26-11-17-36-18-12-26/h1-6,11-12,17-18,23,27,31H,7-10,13-16,19-22H2. The molecule has 41 heavy (non-hydrogen) atoms. The summed E-state index contributed by atoms with van der Waals surface area (Å²) in [7, 11) is 0. The Kier molecular flexibility index (Phi) is 6.98. The van der Waals surface area contributed by atoms with Gasteiger partial charge in [0.15, 0.2) is 0 Å². The summed E-state index contributed by atoms with van der Waals surface area (Å²) in [5.41, 5.74) is 5.30. The van der Waals surface area contributed by atoms with E-state index in [0.717, 1.165) is 75.8 Å². The van der Waals surface area contributed by atoms with E-state index in [0.29, 0.717) is 16.0 Å². The van der Waals surface area contributed by atoms with Gasteiger partial charge in [-0.25, -0.2) is 0 Å². The topological polar surface area (TPSA) is 56.8 Å². The third kappa shape index (κ3) is 5.12. The molecule has 3 heterocycles. The number of carbonyl (C=O) groups excluding carboxylic acids is 2. The number of aryl methyl sites for hydroxylation is 1. The van der Waals surface area contributed by atoms with Crippen molar-refractivity contribution >= 4 is 29.1 Å². The monoisotopic (exact) mass is 568 g/mol. The molecule has 2 saturated heterocycles. The van der Waals surface area contributed by atoms with Gasteiger partial charge in [0.2, 0.25) is 0 Å². The molecule has 4 aliphatic rings. The van der Waals surface area contributed by atoms with Crippen LogP contribution in [-0.2, 0) is 6.42 Å². The van der Waals surface area contributed by atoms with Crippen molar-refractivity contribution in [1.82, 2.24) is 14.8 Å². The molecule has 1 saturated carbocycles. The normalized spacial score (nSPS) is 21.5. The molecule has 1 aromatic heterocycles. The zero-order chi connectivity index (χ0) is 28.0. The predicted octanol–water partition coefficient (Wildman–Crippen LogP) is 6.55. The zero-order valence-electron chi connectivity index (χ0n) is 23.5. The first-order valence-electron chi connectivity index (χ1n) is 15.2. The lowest BCUT2D eigenvalue weighted by atomic mass is 9.71. The van der Waals surface area contributed by atoms with E-state index in [1.54, 1.807) is 6.07 Å². The van der Waals surface area contributed by atoms with Gasteiger partial charge < -0.3 is 14.7 Å². The van der Waals surface area contributed by atoms with Gasteiger partial charge in [0.05, 0.1) is 16.6 Å². The molecule has 1 unspecified atom stereocenters. The lowest BCUT2D eigenvalue weighted by Gasteiger charge is -2.47. The third-order valence-electron chi connectivity index (χ3n) is 10.0. The highest BCUT2D eigenvalue weighted by molar-refractivity contribution is 6.33. The number of likely N-dealkylation sites (tertiary alicyclic amines) is 1. The van der Waals surface area contributed by atoms with Crippen LogP contribution in [0, 0.1) is 5.41 Å². The Morgan fingerprint density at radius 3 is 2.29 bits per heavy atom. The molecule has 1 atom stereocenters. The van der Waals surface area contributed by atoms with Gasteiger partial charge in [0.1, 0.15) is 0 Å². The van der Waals surface area contributed by atoms with E-state index >= 15 is 0 Å². The van der Waals surface area contributed by atoms with Gasteiger partial charge in [-0.1, -0.05) is 29.8 Å². The number of carbonyl (C=O) groups is 2. The Morgan fingerprint density at radius 2 is 1.59 bits per heavy atom. The van der Waals surface area contributed by atoms with E-state index in [1.165, 1.54) is 24.1 Å². The Hall–Kier alpha value is -3.38. The van der Waals surface area contributed by atoms with E-state index < -0.39 is 0 Å². The minimum absolute atomic E-state index is 0.00369. The number of amides is 2. The first-order chi connectivity index (χ1) is 20.0. The summed E-state index contributed by atoms with van der Waals surface area (Å²) in [4.78, 5) is 38.2. The van der Waals surface area contributed by atoms with Crippen molar-refractivity contribution in [2.45, 2.75) is 63.5 Å². The molecule has 3 aromatic rings. The molecular weight excluding hydrogens is 532 g/mol. The number of benzene rings is 2. The number of anilines is 1. The van der Waals surface area contributed by atoms with E-state index in [2.05, 4.69) is 43.9 Å². The average molecular weight is 569 g/mol. The number of hydrogen-bond acceptors (Lipinski definition) is 4. The molecule has 1 spiro atoms. The summed E-state index contributed by atoms with van der Waals surface area (Å²) in [6.45, 7) is 3.75. The van der Waals surface area contributed by atoms with Crippen LogP contribution < -0.4 is 4.90 Å². The van der Waals surface area contributed by atoms with Crippen LogP contribution >= 0.6 is 11.6 Å². The Labute approximate surface area is 247 Å². The summed E-state index contributed by atoms with van der Waals surface area (Å²) in [5, 5.41) is 0.496. The van der Waals surface area contributed by atoms with E-state index in [1.807, 2.05) is 36.7 Å². The lowest BCUT2D eigenvalue weighted by Crippen LogP contribution is -2.48. The Balaban J connectivity index is 1.03. The summed E-state index contributed by atoms with van der Waals surface area (Å²) in [6.07, 6.45) is 12.1. The first kappa shape index (κ1) is 26.5. The van der Waals surface area contributed by atoms with Crippen molar-refractivity contribution in [1.29, 1.82) is 0 Å². The van der Waals surface area contributed by atoms with E-state index in [9.17, 15) is 9.59 Å². The largest absolute Gasteiger partial charge is 0.371 e. The third-order valence-corrected chi connectivity index (χ3v) is 10.3. The SMILES string of the molecule is O=C(c1ccc2c(c1)C(N(C(=O)c1ccccc1Cl)C1CC1)CC2)N1CCC2(CC1)CCN(c1ccncc1)CC2. The van der Waals surface area contributed by atoms with Gasteiger partial charge in [-0.3, -0.25) is 14.6 Å². The molecule has 0 N–H and O–H groups in total. The minimum Gasteiger partial charge on any atom is -0.371 e. The molecule has 212 valence electrons. The van der Waals surface area contributed by atoms with Gasteiger partial charge >= 0.3 is 0 Å². The molecule has 2 aliphatic heterocycles.